The molecule has 3 nitrogen and oxygen atoms in total. The largest absolute Gasteiger partial charge is 0.331 e. The van der Waals surface area contributed by atoms with Crippen LogP contribution in [-0.4, -0.2) is 27.3 Å². The van der Waals surface area contributed by atoms with Crippen LogP contribution < -0.4 is 0 Å². The average molecular weight is 342 g/mol. The van der Waals surface area contributed by atoms with Crippen LogP contribution in [0.1, 0.15) is 35.7 Å². The summed E-state index contributed by atoms with van der Waals surface area (Å²) in [5, 5.41) is 0. The molecule has 0 radical (unpaired) electrons. The minimum atomic E-state index is -1.14. The number of nitrogens with zero attached hydrogens (tertiary/aromatic N) is 1. The molecular weight excluding hydrogens is 326 g/mol. The summed E-state index contributed by atoms with van der Waals surface area (Å²) < 4.78 is 12.7. The van der Waals surface area contributed by atoms with Crippen molar-refractivity contribution in [1.82, 2.24) is 4.90 Å². The van der Waals surface area contributed by atoms with Gasteiger partial charge in [-0.05, 0) is 43.4 Å². The van der Waals surface area contributed by atoms with Crippen molar-refractivity contribution in [3.63, 3.8) is 0 Å². The minimum Gasteiger partial charge on any atom is -0.331 e. The number of hydrogen-bond acceptors (Lipinski definition) is 2. The molecule has 5 heteroatoms. The Labute approximate surface area is 124 Å². The monoisotopic (exact) mass is 341 g/mol. The van der Waals surface area contributed by atoms with Crippen LogP contribution in [0.15, 0.2) is 21.5 Å². The molecule has 102 valence electrons. The first kappa shape index (κ1) is 13.3. The van der Waals surface area contributed by atoms with Gasteiger partial charge in [-0.25, -0.2) is 0 Å². The molecule has 1 saturated carbocycles. The standard InChI is InChI=1S/C14H16BrNO2S/c1-8(9-3-4-9)16-7-10-5-11(15)6-12(19(2)18)13(10)14(16)17/h5-6,8-9H,3-4,7H2,1-2H3/t8-,19+/m0/s1. The van der Waals surface area contributed by atoms with Gasteiger partial charge in [0.25, 0.3) is 5.91 Å². The van der Waals surface area contributed by atoms with E-state index < -0.39 is 10.8 Å². The topological polar surface area (TPSA) is 37.4 Å². The summed E-state index contributed by atoms with van der Waals surface area (Å²) in [5.41, 5.74) is 1.66. The predicted molar refractivity (Wildman–Crippen MR) is 78.5 cm³/mol. The molecule has 1 heterocycles. The van der Waals surface area contributed by atoms with Gasteiger partial charge >= 0.3 is 0 Å². The third-order valence-corrected chi connectivity index (χ3v) is 5.47. The molecule has 1 aliphatic carbocycles. The first-order valence-electron chi connectivity index (χ1n) is 6.46. The Kier molecular flexibility index (Phi) is 3.29. The second-order valence-corrected chi connectivity index (χ2v) is 7.67. The third-order valence-electron chi connectivity index (χ3n) is 4.07. The molecule has 0 unspecified atom stereocenters. The lowest BCUT2D eigenvalue weighted by molar-refractivity contribution is 0.0695. The fourth-order valence-electron chi connectivity index (χ4n) is 2.79. The molecule has 0 saturated heterocycles. The van der Waals surface area contributed by atoms with Gasteiger partial charge < -0.3 is 4.90 Å². The van der Waals surface area contributed by atoms with Gasteiger partial charge in [-0.3, -0.25) is 9.00 Å². The first-order chi connectivity index (χ1) is 8.99. The van der Waals surface area contributed by atoms with E-state index in [0.29, 0.717) is 22.9 Å². The summed E-state index contributed by atoms with van der Waals surface area (Å²) in [6.45, 7) is 2.77. The predicted octanol–water partition coefficient (Wildman–Crippen LogP) is 2.94. The van der Waals surface area contributed by atoms with Crippen molar-refractivity contribution >= 4 is 32.6 Å². The van der Waals surface area contributed by atoms with Gasteiger partial charge in [-0.1, -0.05) is 15.9 Å². The molecule has 19 heavy (non-hydrogen) atoms. The highest BCUT2D eigenvalue weighted by Crippen LogP contribution is 2.39. The van der Waals surface area contributed by atoms with Gasteiger partial charge in [0.15, 0.2) is 0 Å². The molecule has 2 atom stereocenters. The summed E-state index contributed by atoms with van der Waals surface area (Å²) >= 11 is 3.44. The van der Waals surface area contributed by atoms with Crippen molar-refractivity contribution < 1.29 is 9.00 Å². The van der Waals surface area contributed by atoms with Crippen LogP contribution in [0.5, 0.6) is 0 Å². The molecular formula is C14H16BrNO2S. The van der Waals surface area contributed by atoms with Crippen molar-refractivity contribution in [2.75, 3.05) is 6.26 Å². The molecule has 0 bridgehead atoms. The lowest BCUT2D eigenvalue weighted by atomic mass is 10.1. The van der Waals surface area contributed by atoms with Crippen molar-refractivity contribution in [3.05, 3.63) is 27.7 Å². The van der Waals surface area contributed by atoms with Crippen LogP contribution in [0.3, 0.4) is 0 Å². The SMILES string of the molecule is C[C@@H](C1CC1)N1Cc2cc(Br)cc([S@@](C)=O)c2C1=O. The van der Waals surface area contributed by atoms with E-state index >= 15 is 0 Å². The van der Waals surface area contributed by atoms with E-state index in [0.717, 1.165) is 10.0 Å². The third kappa shape index (κ3) is 2.27. The van der Waals surface area contributed by atoms with Crippen LogP contribution in [0, 0.1) is 5.92 Å². The highest BCUT2D eigenvalue weighted by Gasteiger charge is 2.39. The Bertz CT molecular complexity index is 583. The molecule has 0 aromatic heterocycles. The van der Waals surface area contributed by atoms with E-state index in [2.05, 4.69) is 22.9 Å². The number of carbonyl (C=O) groups excluding carboxylic acids is 1. The van der Waals surface area contributed by atoms with Crippen LogP contribution in [0.4, 0.5) is 0 Å². The second kappa shape index (κ2) is 4.70. The summed E-state index contributed by atoms with van der Waals surface area (Å²) in [6.07, 6.45) is 4.07. The van der Waals surface area contributed by atoms with Crippen molar-refractivity contribution in [2.45, 2.75) is 37.2 Å². The lowest BCUT2D eigenvalue weighted by Crippen LogP contribution is -2.34. The van der Waals surface area contributed by atoms with Gasteiger partial charge in [0.05, 0.1) is 21.3 Å². The quantitative estimate of drug-likeness (QED) is 0.847. The smallest absolute Gasteiger partial charge is 0.255 e. The fourth-order valence-corrected chi connectivity index (χ4v) is 4.25. The molecule has 0 spiro atoms. The zero-order valence-corrected chi connectivity index (χ0v) is 13.4. The van der Waals surface area contributed by atoms with E-state index in [9.17, 15) is 9.00 Å². The van der Waals surface area contributed by atoms with E-state index in [1.165, 1.54) is 12.8 Å². The highest BCUT2D eigenvalue weighted by molar-refractivity contribution is 9.10. The zero-order valence-electron chi connectivity index (χ0n) is 11.0. The van der Waals surface area contributed by atoms with Crippen molar-refractivity contribution in [3.8, 4) is 0 Å². The van der Waals surface area contributed by atoms with E-state index in [-0.39, 0.29) is 11.9 Å². The van der Waals surface area contributed by atoms with Gasteiger partial charge in [0.1, 0.15) is 0 Å². The number of amides is 1. The van der Waals surface area contributed by atoms with E-state index in [1.54, 1.807) is 12.3 Å². The maximum atomic E-state index is 12.6. The first-order valence-corrected chi connectivity index (χ1v) is 8.81. The Morgan fingerprint density at radius 1 is 1.42 bits per heavy atom. The number of benzene rings is 1. The molecule has 1 fully saturated rings. The molecule has 1 amide bonds. The van der Waals surface area contributed by atoms with Crippen molar-refractivity contribution in [2.24, 2.45) is 5.92 Å². The van der Waals surface area contributed by atoms with Gasteiger partial charge in [0, 0.05) is 23.3 Å². The van der Waals surface area contributed by atoms with Crippen LogP contribution in [-0.2, 0) is 17.3 Å². The zero-order chi connectivity index (χ0) is 13.7. The molecule has 1 aromatic rings. The fraction of sp³-hybridized carbons (Fsp3) is 0.500. The Balaban J connectivity index is 2.02. The molecule has 1 aliphatic heterocycles. The highest BCUT2D eigenvalue weighted by atomic mass is 79.9. The molecule has 2 aliphatic rings. The Hall–Kier alpha value is -0.680. The summed E-state index contributed by atoms with van der Waals surface area (Å²) in [6, 6.07) is 4.07. The maximum Gasteiger partial charge on any atom is 0.255 e. The van der Waals surface area contributed by atoms with Crippen LogP contribution in [0.25, 0.3) is 0 Å². The second-order valence-electron chi connectivity index (χ2n) is 5.40. The lowest BCUT2D eigenvalue weighted by Gasteiger charge is -2.24. The van der Waals surface area contributed by atoms with E-state index in [4.69, 9.17) is 0 Å². The summed E-state index contributed by atoms with van der Waals surface area (Å²) in [4.78, 5) is 15.2. The van der Waals surface area contributed by atoms with E-state index in [1.807, 2.05) is 11.0 Å². The summed E-state index contributed by atoms with van der Waals surface area (Å²) in [5.74, 6) is 0.698. The van der Waals surface area contributed by atoms with Crippen LogP contribution in [0.2, 0.25) is 0 Å². The van der Waals surface area contributed by atoms with Gasteiger partial charge in [0.2, 0.25) is 0 Å². The van der Waals surface area contributed by atoms with Gasteiger partial charge in [-0.15, -0.1) is 0 Å². The number of rotatable bonds is 3. The number of hydrogen-bond donors (Lipinski definition) is 0. The van der Waals surface area contributed by atoms with Crippen LogP contribution >= 0.6 is 15.9 Å². The number of carbonyl (C=O) groups is 1. The Morgan fingerprint density at radius 3 is 2.68 bits per heavy atom. The molecule has 1 aromatic carbocycles. The Morgan fingerprint density at radius 2 is 2.11 bits per heavy atom. The minimum absolute atomic E-state index is 0.0482. The number of halogens is 1. The number of fused-ring (bicyclic) bond motifs is 1. The average Bonchev–Trinajstić information content (AvgIpc) is 3.13. The van der Waals surface area contributed by atoms with Gasteiger partial charge in [-0.2, -0.15) is 0 Å². The van der Waals surface area contributed by atoms with Crippen molar-refractivity contribution in [1.29, 1.82) is 0 Å². The molecule has 3 rings (SSSR count). The normalized spacial score (nSPS) is 21.4. The maximum absolute atomic E-state index is 12.6. The summed E-state index contributed by atoms with van der Waals surface area (Å²) in [7, 11) is -1.14. The molecule has 0 N–H and O–H groups in total.